The van der Waals surface area contributed by atoms with Crippen LogP contribution in [0.2, 0.25) is 18.1 Å². The van der Waals surface area contributed by atoms with Gasteiger partial charge in [0.05, 0.1) is 39.1 Å². The Morgan fingerprint density at radius 1 is 1.07 bits per heavy atom. The molecule has 1 saturated heterocycles. The van der Waals surface area contributed by atoms with Crippen LogP contribution >= 0.6 is 0 Å². The predicted molar refractivity (Wildman–Crippen MR) is 120 cm³/mol. The standard InChI is InChI=1S/C23H40O6Si/c1-22(2,3)30(5,6)29-21(18-26-19-24-4)16-23(27-14-15-28-23)12-13-25-17-20-10-8-7-9-11-20/h7-11,21H,12-19H2,1-6H3/t21-/m1/s1. The molecular formula is C23H40O6Si. The van der Waals surface area contributed by atoms with E-state index in [1.165, 1.54) is 0 Å². The van der Waals surface area contributed by atoms with Gasteiger partial charge >= 0.3 is 0 Å². The lowest BCUT2D eigenvalue weighted by atomic mass is 10.1. The van der Waals surface area contributed by atoms with Crippen LogP contribution in [0.15, 0.2) is 30.3 Å². The minimum atomic E-state index is -1.98. The van der Waals surface area contributed by atoms with Gasteiger partial charge in [-0.05, 0) is 23.7 Å². The Bertz CT molecular complexity index is 595. The maximum atomic E-state index is 6.67. The monoisotopic (exact) mass is 440 g/mol. The van der Waals surface area contributed by atoms with Crippen LogP contribution in [0.25, 0.3) is 0 Å². The van der Waals surface area contributed by atoms with E-state index in [9.17, 15) is 0 Å². The summed E-state index contributed by atoms with van der Waals surface area (Å²) in [4.78, 5) is 0. The van der Waals surface area contributed by atoms with Crippen LogP contribution in [0.1, 0.15) is 39.2 Å². The largest absolute Gasteiger partial charge is 0.411 e. The van der Waals surface area contributed by atoms with Gasteiger partial charge in [-0.3, -0.25) is 0 Å². The third kappa shape index (κ3) is 8.03. The van der Waals surface area contributed by atoms with Crippen molar-refractivity contribution in [2.24, 2.45) is 0 Å². The number of methoxy groups -OCH3 is 1. The molecule has 0 aromatic heterocycles. The molecule has 1 atom stereocenters. The fourth-order valence-electron chi connectivity index (χ4n) is 3.19. The number of benzene rings is 1. The lowest BCUT2D eigenvalue weighted by molar-refractivity contribution is -0.193. The average molecular weight is 441 g/mol. The third-order valence-corrected chi connectivity index (χ3v) is 10.4. The summed E-state index contributed by atoms with van der Waals surface area (Å²) in [5, 5.41) is 0.107. The number of hydrogen-bond donors (Lipinski definition) is 0. The van der Waals surface area contributed by atoms with Gasteiger partial charge in [-0.2, -0.15) is 0 Å². The van der Waals surface area contributed by atoms with Gasteiger partial charge in [0.1, 0.15) is 6.79 Å². The first-order valence-electron chi connectivity index (χ1n) is 10.8. The minimum Gasteiger partial charge on any atom is -0.411 e. The predicted octanol–water partition coefficient (Wildman–Crippen LogP) is 4.74. The summed E-state index contributed by atoms with van der Waals surface area (Å²) in [6, 6.07) is 10.2. The summed E-state index contributed by atoms with van der Waals surface area (Å²) < 4.78 is 35.5. The molecule has 30 heavy (non-hydrogen) atoms. The molecule has 2 rings (SSSR count). The molecular weight excluding hydrogens is 400 g/mol. The van der Waals surface area contributed by atoms with Crippen LogP contribution in [-0.4, -0.2) is 60.5 Å². The topological polar surface area (TPSA) is 55.4 Å². The highest BCUT2D eigenvalue weighted by Gasteiger charge is 2.44. The molecule has 0 unspecified atom stereocenters. The minimum absolute atomic E-state index is 0.107. The normalized spacial score (nSPS) is 17.9. The maximum Gasteiger partial charge on any atom is 0.192 e. The lowest BCUT2D eigenvalue weighted by Crippen LogP contribution is -2.48. The van der Waals surface area contributed by atoms with Crippen molar-refractivity contribution in [1.29, 1.82) is 0 Å². The second-order valence-corrected chi connectivity index (χ2v) is 14.1. The molecule has 172 valence electrons. The van der Waals surface area contributed by atoms with Gasteiger partial charge in [0, 0.05) is 20.0 Å². The second kappa shape index (κ2) is 11.7. The first-order chi connectivity index (χ1) is 14.2. The van der Waals surface area contributed by atoms with Gasteiger partial charge in [0.2, 0.25) is 0 Å². The smallest absolute Gasteiger partial charge is 0.192 e. The highest BCUT2D eigenvalue weighted by Crippen LogP contribution is 2.39. The molecule has 1 aromatic rings. The highest BCUT2D eigenvalue weighted by atomic mass is 28.4. The van der Waals surface area contributed by atoms with Crippen molar-refractivity contribution in [3.05, 3.63) is 35.9 Å². The van der Waals surface area contributed by atoms with E-state index in [1.54, 1.807) is 7.11 Å². The zero-order chi connectivity index (χ0) is 22.1. The summed E-state index contributed by atoms with van der Waals surface area (Å²) in [5.74, 6) is -0.694. The van der Waals surface area contributed by atoms with Crippen LogP contribution in [0.3, 0.4) is 0 Å². The third-order valence-electron chi connectivity index (χ3n) is 5.86. The Kier molecular flexibility index (Phi) is 9.94. The van der Waals surface area contributed by atoms with E-state index in [2.05, 4.69) is 46.0 Å². The van der Waals surface area contributed by atoms with Crippen LogP contribution in [0.5, 0.6) is 0 Å². The van der Waals surface area contributed by atoms with Crippen molar-refractivity contribution in [2.75, 3.05) is 40.3 Å². The fraction of sp³-hybridized carbons (Fsp3) is 0.739. The Hall–Kier alpha value is -0.803. The van der Waals surface area contributed by atoms with Crippen LogP contribution in [0.4, 0.5) is 0 Å². The van der Waals surface area contributed by atoms with Gasteiger partial charge in [0.25, 0.3) is 0 Å². The van der Waals surface area contributed by atoms with Gasteiger partial charge in [0.15, 0.2) is 14.1 Å². The molecule has 1 aliphatic rings. The molecule has 0 saturated carbocycles. The van der Waals surface area contributed by atoms with E-state index < -0.39 is 14.1 Å². The van der Waals surface area contributed by atoms with Crippen LogP contribution in [0, 0.1) is 0 Å². The van der Waals surface area contributed by atoms with E-state index >= 15 is 0 Å². The summed E-state index contributed by atoms with van der Waals surface area (Å²) in [6.45, 7) is 14.2. The number of hydrogen-bond acceptors (Lipinski definition) is 6. The van der Waals surface area contributed by atoms with Crippen molar-refractivity contribution in [3.8, 4) is 0 Å². The Labute approximate surface area is 183 Å². The summed E-state index contributed by atoms with van der Waals surface area (Å²) in [5.41, 5.74) is 1.16. The molecule has 1 heterocycles. The zero-order valence-electron chi connectivity index (χ0n) is 19.6. The van der Waals surface area contributed by atoms with Crippen molar-refractivity contribution in [2.45, 2.75) is 70.2 Å². The maximum absolute atomic E-state index is 6.67. The zero-order valence-corrected chi connectivity index (χ0v) is 20.6. The number of rotatable bonds is 13. The van der Waals surface area contributed by atoms with Gasteiger partial charge in [-0.15, -0.1) is 0 Å². The molecule has 0 N–H and O–H groups in total. The average Bonchev–Trinajstić information content (AvgIpc) is 3.13. The van der Waals surface area contributed by atoms with E-state index in [-0.39, 0.29) is 17.9 Å². The molecule has 0 bridgehead atoms. The summed E-state index contributed by atoms with van der Waals surface area (Å²) in [6.07, 6.45) is 1.13. The lowest BCUT2D eigenvalue weighted by Gasteiger charge is -2.41. The SMILES string of the molecule is COCOC[C@@H](CC1(CCOCc2ccccc2)OCCO1)O[Si](C)(C)C(C)(C)C. The summed E-state index contributed by atoms with van der Waals surface area (Å²) in [7, 11) is -0.355. The van der Waals surface area contributed by atoms with E-state index in [4.69, 9.17) is 28.1 Å². The van der Waals surface area contributed by atoms with E-state index in [0.29, 0.717) is 45.9 Å². The van der Waals surface area contributed by atoms with Crippen LogP contribution < -0.4 is 0 Å². The molecule has 0 spiro atoms. The molecule has 1 aliphatic heterocycles. The van der Waals surface area contributed by atoms with Crippen molar-refractivity contribution >= 4 is 8.32 Å². The Balaban J connectivity index is 1.97. The van der Waals surface area contributed by atoms with Crippen molar-refractivity contribution in [1.82, 2.24) is 0 Å². The molecule has 6 nitrogen and oxygen atoms in total. The summed E-state index contributed by atoms with van der Waals surface area (Å²) >= 11 is 0. The Morgan fingerprint density at radius 3 is 2.33 bits per heavy atom. The Morgan fingerprint density at radius 2 is 1.73 bits per heavy atom. The van der Waals surface area contributed by atoms with Crippen molar-refractivity contribution in [3.63, 3.8) is 0 Å². The second-order valence-electron chi connectivity index (χ2n) is 9.38. The van der Waals surface area contributed by atoms with Gasteiger partial charge in [-0.25, -0.2) is 0 Å². The first-order valence-corrected chi connectivity index (χ1v) is 13.7. The van der Waals surface area contributed by atoms with Gasteiger partial charge in [-0.1, -0.05) is 51.1 Å². The molecule has 0 aliphatic carbocycles. The molecule has 0 radical (unpaired) electrons. The van der Waals surface area contributed by atoms with Crippen LogP contribution in [-0.2, 0) is 34.7 Å². The van der Waals surface area contributed by atoms with E-state index in [0.717, 1.165) is 5.56 Å². The highest BCUT2D eigenvalue weighted by molar-refractivity contribution is 6.74. The quantitative estimate of drug-likeness (QED) is 0.251. The first kappa shape index (κ1) is 25.5. The van der Waals surface area contributed by atoms with Crippen molar-refractivity contribution < 1.29 is 28.1 Å². The van der Waals surface area contributed by atoms with E-state index in [1.807, 2.05) is 18.2 Å². The number of ether oxygens (including phenoxy) is 5. The van der Waals surface area contributed by atoms with Gasteiger partial charge < -0.3 is 28.1 Å². The fourth-order valence-corrected chi connectivity index (χ4v) is 4.53. The molecule has 1 aromatic carbocycles. The molecule has 1 fully saturated rings. The molecule has 0 amide bonds. The molecule has 7 heteroatoms.